The quantitative estimate of drug-likeness (QED) is 0.516. The molecule has 70 valence electrons. The Balaban J connectivity index is 3.07. The summed E-state index contributed by atoms with van der Waals surface area (Å²) < 4.78 is 34.2. The molecular weight excluding hydrogens is 173 g/mol. The molecule has 0 spiro atoms. The number of nitriles is 1. The highest BCUT2D eigenvalue weighted by molar-refractivity contribution is 4.67. The Bertz CT molecular complexity index is 152. The van der Waals surface area contributed by atoms with Crippen molar-refractivity contribution in [3.63, 3.8) is 0 Å². The van der Waals surface area contributed by atoms with Crippen LogP contribution in [0.3, 0.4) is 0 Å². The van der Waals surface area contributed by atoms with E-state index in [1.165, 1.54) is 0 Å². The van der Waals surface area contributed by atoms with E-state index in [9.17, 15) is 13.2 Å². The third kappa shape index (κ3) is 9.20. The molecule has 0 unspecified atom stereocenters. The lowest BCUT2D eigenvalue weighted by Gasteiger charge is -2.06. The molecule has 1 N–H and O–H groups in total. The second-order valence-electron chi connectivity index (χ2n) is 2.06. The number of hydroxylamine groups is 1. The number of nitrogens with zero attached hydrogens (tertiary/aromatic N) is 1. The maximum atomic E-state index is 11.4. The number of halogens is 3. The van der Waals surface area contributed by atoms with E-state index in [2.05, 4.69) is 10.3 Å². The average Bonchev–Trinajstić information content (AvgIpc) is 1.94. The monoisotopic (exact) mass is 182 g/mol. The summed E-state index contributed by atoms with van der Waals surface area (Å²) in [5.74, 6) is 0. The zero-order valence-corrected chi connectivity index (χ0v) is 6.32. The molecule has 0 bridgehead atoms. The molecule has 0 saturated carbocycles. The molecule has 0 aliphatic heterocycles. The Morgan fingerprint density at radius 3 is 2.58 bits per heavy atom. The molecule has 0 fully saturated rings. The molecule has 0 atom stereocenters. The fourth-order valence-corrected chi connectivity index (χ4v) is 0.445. The summed E-state index contributed by atoms with van der Waals surface area (Å²) in [7, 11) is 0. The van der Waals surface area contributed by atoms with Crippen molar-refractivity contribution < 1.29 is 18.0 Å². The number of alkyl halides is 3. The van der Waals surface area contributed by atoms with Crippen LogP contribution in [0.15, 0.2) is 0 Å². The van der Waals surface area contributed by atoms with Crippen LogP contribution in [0.25, 0.3) is 0 Å². The van der Waals surface area contributed by atoms with Crippen LogP contribution in [0.2, 0.25) is 0 Å². The van der Waals surface area contributed by atoms with E-state index in [0.29, 0.717) is 12.8 Å². The van der Waals surface area contributed by atoms with Gasteiger partial charge in [-0.1, -0.05) is 0 Å². The fourth-order valence-electron chi connectivity index (χ4n) is 0.445. The standard InChI is InChI=1S/C6H9F3N2O/c7-6(8,9)5-12-11-4-2-1-3-10/h11H,1-2,4-5H2. The van der Waals surface area contributed by atoms with E-state index >= 15 is 0 Å². The van der Waals surface area contributed by atoms with Crippen molar-refractivity contribution in [3.8, 4) is 6.07 Å². The van der Waals surface area contributed by atoms with E-state index in [1.807, 2.05) is 6.07 Å². The molecule has 12 heavy (non-hydrogen) atoms. The van der Waals surface area contributed by atoms with Crippen molar-refractivity contribution in [1.82, 2.24) is 5.48 Å². The van der Waals surface area contributed by atoms with Gasteiger partial charge in [0.1, 0.15) is 0 Å². The minimum Gasteiger partial charge on any atom is -0.292 e. The third-order valence-electron chi connectivity index (χ3n) is 0.905. The summed E-state index contributed by atoms with van der Waals surface area (Å²) in [6.45, 7) is -1.05. The van der Waals surface area contributed by atoms with Gasteiger partial charge < -0.3 is 0 Å². The lowest BCUT2D eigenvalue weighted by atomic mass is 10.3. The molecule has 0 radical (unpaired) electrons. The highest BCUT2D eigenvalue weighted by Crippen LogP contribution is 2.13. The van der Waals surface area contributed by atoms with Crippen LogP contribution in [-0.4, -0.2) is 19.3 Å². The average molecular weight is 182 g/mol. The SMILES string of the molecule is N#CCCCNOCC(F)(F)F. The van der Waals surface area contributed by atoms with Gasteiger partial charge in [0.2, 0.25) is 0 Å². The molecule has 0 heterocycles. The van der Waals surface area contributed by atoms with Gasteiger partial charge in [0.25, 0.3) is 0 Å². The lowest BCUT2D eigenvalue weighted by molar-refractivity contribution is -0.189. The van der Waals surface area contributed by atoms with Crippen molar-refractivity contribution in [3.05, 3.63) is 0 Å². The normalized spacial score (nSPS) is 11.2. The molecule has 0 aromatic heterocycles. The van der Waals surface area contributed by atoms with Crippen molar-refractivity contribution in [2.24, 2.45) is 0 Å². The third-order valence-corrected chi connectivity index (χ3v) is 0.905. The maximum absolute atomic E-state index is 11.4. The van der Waals surface area contributed by atoms with Crippen molar-refractivity contribution in [1.29, 1.82) is 5.26 Å². The molecular formula is C6H9F3N2O. The fraction of sp³-hybridized carbons (Fsp3) is 0.833. The van der Waals surface area contributed by atoms with Crippen LogP contribution in [0.1, 0.15) is 12.8 Å². The molecule has 3 nitrogen and oxygen atoms in total. The Morgan fingerprint density at radius 1 is 1.42 bits per heavy atom. The second kappa shape index (κ2) is 5.80. The number of nitrogens with one attached hydrogen (secondary N) is 1. The van der Waals surface area contributed by atoms with E-state index in [-0.39, 0.29) is 6.54 Å². The van der Waals surface area contributed by atoms with Crippen LogP contribution < -0.4 is 5.48 Å². The topological polar surface area (TPSA) is 45.0 Å². The summed E-state index contributed by atoms with van der Waals surface area (Å²) in [6, 6.07) is 1.86. The van der Waals surface area contributed by atoms with Gasteiger partial charge in [0.15, 0.2) is 6.61 Å². The zero-order chi connectivity index (χ0) is 9.45. The van der Waals surface area contributed by atoms with Crippen LogP contribution in [-0.2, 0) is 4.84 Å². The Kier molecular flexibility index (Phi) is 5.41. The number of hydrogen-bond donors (Lipinski definition) is 1. The zero-order valence-electron chi connectivity index (χ0n) is 6.32. The molecule has 0 aliphatic carbocycles. The van der Waals surface area contributed by atoms with Crippen LogP contribution in [0.4, 0.5) is 13.2 Å². The molecule has 0 aromatic rings. The number of hydrogen-bond acceptors (Lipinski definition) is 3. The summed E-state index contributed by atoms with van der Waals surface area (Å²) in [5, 5.41) is 8.05. The number of rotatable bonds is 5. The van der Waals surface area contributed by atoms with Gasteiger partial charge in [-0.15, -0.1) is 0 Å². The maximum Gasteiger partial charge on any atom is 0.413 e. The lowest BCUT2D eigenvalue weighted by Crippen LogP contribution is -2.25. The van der Waals surface area contributed by atoms with Crippen LogP contribution in [0, 0.1) is 11.3 Å². The highest BCUT2D eigenvalue weighted by atomic mass is 19.4. The van der Waals surface area contributed by atoms with Crippen molar-refractivity contribution >= 4 is 0 Å². The van der Waals surface area contributed by atoms with Gasteiger partial charge in [-0.25, -0.2) is 5.48 Å². The Morgan fingerprint density at radius 2 is 2.08 bits per heavy atom. The highest BCUT2D eigenvalue weighted by Gasteiger charge is 2.27. The molecule has 0 saturated heterocycles. The predicted molar refractivity (Wildman–Crippen MR) is 34.9 cm³/mol. The molecule has 0 rings (SSSR count). The van der Waals surface area contributed by atoms with Gasteiger partial charge in [-0.2, -0.15) is 18.4 Å². The minimum absolute atomic E-state index is 0.254. The number of unbranched alkanes of at least 4 members (excludes halogenated alkanes) is 1. The molecule has 0 aromatic carbocycles. The van der Waals surface area contributed by atoms with Crippen LogP contribution in [0.5, 0.6) is 0 Å². The molecule has 0 amide bonds. The van der Waals surface area contributed by atoms with Gasteiger partial charge in [0.05, 0.1) is 6.07 Å². The van der Waals surface area contributed by atoms with Crippen molar-refractivity contribution in [2.45, 2.75) is 19.0 Å². The smallest absolute Gasteiger partial charge is 0.292 e. The summed E-state index contributed by atoms with van der Waals surface area (Å²) in [4.78, 5) is 4.06. The van der Waals surface area contributed by atoms with Gasteiger partial charge >= 0.3 is 6.18 Å². The molecule has 6 heteroatoms. The Labute approximate surface area is 68.1 Å². The summed E-state index contributed by atoms with van der Waals surface area (Å²) >= 11 is 0. The largest absolute Gasteiger partial charge is 0.413 e. The summed E-state index contributed by atoms with van der Waals surface area (Å²) in [6.07, 6.45) is -3.51. The van der Waals surface area contributed by atoms with E-state index < -0.39 is 12.8 Å². The van der Waals surface area contributed by atoms with E-state index in [4.69, 9.17) is 5.26 Å². The van der Waals surface area contributed by atoms with Gasteiger partial charge in [-0.05, 0) is 6.42 Å². The van der Waals surface area contributed by atoms with E-state index in [0.717, 1.165) is 0 Å². The van der Waals surface area contributed by atoms with Crippen molar-refractivity contribution in [2.75, 3.05) is 13.2 Å². The van der Waals surface area contributed by atoms with Gasteiger partial charge in [0, 0.05) is 13.0 Å². The predicted octanol–water partition coefficient (Wildman–Crippen LogP) is 1.37. The first-order valence-corrected chi connectivity index (χ1v) is 3.34. The Hall–Kier alpha value is -0.800. The first-order valence-electron chi connectivity index (χ1n) is 3.34. The van der Waals surface area contributed by atoms with E-state index in [1.54, 1.807) is 0 Å². The first kappa shape index (κ1) is 11.2. The second-order valence-corrected chi connectivity index (χ2v) is 2.06. The van der Waals surface area contributed by atoms with Crippen LogP contribution >= 0.6 is 0 Å². The molecule has 0 aliphatic rings. The van der Waals surface area contributed by atoms with Gasteiger partial charge in [-0.3, -0.25) is 4.84 Å². The first-order chi connectivity index (χ1) is 5.56. The minimum atomic E-state index is -4.30. The summed E-state index contributed by atoms with van der Waals surface area (Å²) in [5.41, 5.74) is 2.11.